The van der Waals surface area contributed by atoms with Crippen LogP contribution in [0.3, 0.4) is 0 Å². The van der Waals surface area contributed by atoms with Crippen molar-refractivity contribution in [1.29, 1.82) is 0 Å². The summed E-state index contributed by atoms with van der Waals surface area (Å²) < 4.78 is 89.1. The Labute approximate surface area is 168 Å². The van der Waals surface area contributed by atoms with E-state index in [-0.39, 0.29) is 33.9 Å². The Hall–Kier alpha value is -2.96. The molecule has 162 valence electrons. The Kier molecular flexibility index (Phi) is 6.39. The van der Waals surface area contributed by atoms with Gasteiger partial charge in [0.25, 0.3) is 0 Å². The summed E-state index contributed by atoms with van der Waals surface area (Å²) in [5.74, 6) is -0.727. The summed E-state index contributed by atoms with van der Waals surface area (Å²) in [4.78, 5) is 10.8. The Morgan fingerprint density at radius 3 is 2.67 bits per heavy atom. The molecule has 30 heavy (non-hydrogen) atoms. The number of nitrogens with zero attached hydrogens (tertiary/aromatic N) is 2. The second kappa shape index (κ2) is 8.81. The molecule has 3 rings (SSSR count). The molecule has 1 aromatic carbocycles. The topological polar surface area (TPSA) is 86.3 Å². The van der Waals surface area contributed by atoms with Gasteiger partial charge in [0.15, 0.2) is 23.3 Å². The average molecular weight is 451 g/mol. The van der Waals surface area contributed by atoms with E-state index < -0.39 is 30.2 Å². The van der Waals surface area contributed by atoms with Crippen LogP contribution in [0.25, 0.3) is 11.0 Å². The van der Waals surface area contributed by atoms with E-state index in [1.54, 1.807) is 0 Å². The highest BCUT2D eigenvalue weighted by molar-refractivity contribution is 7.84. The molecule has 1 atom stereocenters. The third-order valence-corrected chi connectivity index (χ3v) is 4.84. The van der Waals surface area contributed by atoms with Crippen LogP contribution in [0, 0.1) is 0 Å². The first kappa shape index (κ1) is 21.7. The van der Waals surface area contributed by atoms with Crippen molar-refractivity contribution in [2.75, 3.05) is 13.7 Å². The minimum Gasteiger partial charge on any atom is -0.493 e. The predicted octanol–water partition coefficient (Wildman–Crippen LogP) is 3.82. The fourth-order valence-electron chi connectivity index (χ4n) is 2.49. The molecule has 0 saturated heterocycles. The molecule has 13 heteroatoms. The second-order valence-electron chi connectivity index (χ2n) is 5.78. The van der Waals surface area contributed by atoms with Gasteiger partial charge in [-0.3, -0.25) is 9.19 Å². The number of alkyl halides is 5. The van der Waals surface area contributed by atoms with Crippen molar-refractivity contribution in [2.45, 2.75) is 23.7 Å². The Bertz CT molecular complexity index is 1060. The van der Waals surface area contributed by atoms with E-state index in [1.165, 1.54) is 37.6 Å². The van der Waals surface area contributed by atoms with Crippen molar-refractivity contribution in [3.8, 4) is 17.2 Å². The Morgan fingerprint density at radius 1 is 1.23 bits per heavy atom. The quantitative estimate of drug-likeness (QED) is 0.524. The van der Waals surface area contributed by atoms with Gasteiger partial charge in [-0.15, -0.1) is 0 Å². The van der Waals surface area contributed by atoms with Crippen molar-refractivity contribution in [3.63, 3.8) is 0 Å². The smallest absolute Gasteiger partial charge is 0.422 e. The van der Waals surface area contributed by atoms with Crippen LogP contribution in [-0.4, -0.2) is 45.7 Å². The maximum absolute atomic E-state index is 12.7. The summed E-state index contributed by atoms with van der Waals surface area (Å²) in [6, 6.07) is 5.24. The lowest BCUT2D eigenvalue weighted by atomic mass is 10.3. The number of imidazole rings is 1. The molecule has 1 N–H and O–H groups in total. The van der Waals surface area contributed by atoms with E-state index in [0.29, 0.717) is 11.0 Å². The zero-order chi connectivity index (χ0) is 21.9. The van der Waals surface area contributed by atoms with Crippen LogP contribution >= 0.6 is 0 Å². The summed E-state index contributed by atoms with van der Waals surface area (Å²) in [6.07, 6.45) is -3.31. The maximum atomic E-state index is 12.7. The van der Waals surface area contributed by atoms with Crippen molar-refractivity contribution in [1.82, 2.24) is 15.0 Å². The molecular weight excluding hydrogens is 437 g/mol. The molecule has 0 saturated carbocycles. The number of methoxy groups -OCH3 is 1. The number of nitrogens with one attached hydrogen (secondary N) is 1. The molecule has 0 aliphatic rings. The molecule has 0 amide bonds. The average Bonchev–Trinajstić information content (AvgIpc) is 3.09. The molecule has 0 spiro atoms. The SMILES string of the molecule is COc1ccnc(CS(=O)c2nc3ccc(OC(F)F)cc3[nH]2)c1OCC(F)(F)F. The normalized spacial score (nSPS) is 12.9. The van der Waals surface area contributed by atoms with Gasteiger partial charge in [0.1, 0.15) is 5.75 Å². The van der Waals surface area contributed by atoms with E-state index in [0.717, 1.165) is 0 Å². The number of hydrogen-bond acceptors (Lipinski definition) is 6. The van der Waals surface area contributed by atoms with Crippen LogP contribution in [0.4, 0.5) is 22.0 Å². The number of halogens is 5. The minimum absolute atomic E-state index is 0.000328. The lowest BCUT2D eigenvalue weighted by Crippen LogP contribution is -2.20. The first-order valence-electron chi connectivity index (χ1n) is 8.20. The number of ether oxygens (including phenoxy) is 3. The van der Waals surface area contributed by atoms with E-state index in [1.807, 2.05) is 0 Å². The number of aromatic amines is 1. The van der Waals surface area contributed by atoms with Crippen LogP contribution in [-0.2, 0) is 16.6 Å². The highest BCUT2D eigenvalue weighted by Gasteiger charge is 2.30. The van der Waals surface area contributed by atoms with Gasteiger partial charge < -0.3 is 19.2 Å². The molecule has 0 radical (unpaired) electrons. The lowest BCUT2D eigenvalue weighted by Gasteiger charge is -2.15. The van der Waals surface area contributed by atoms with Crippen molar-refractivity contribution < 1.29 is 40.4 Å². The number of pyridine rings is 1. The predicted molar refractivity (Wildman–Crippen MR) is 95.2 cm³/mol. The van der Waals surface area contributed by atoms with Crippen LogP contribution in [0.1, 0.15) is 5.69 Å². The van der Waals surface area contributed by atoms with Gasteiger partial charge in [0.05, 0.1) is 40.4 Å². The maximum Gasteiger partial charge on any atom is 0.422 e. The summed E-state index contributed by atoms with van der Waals surface area (Å²) in [5.41, 5.74) is 0.606. The van der Waals surface area contributed by atoms with Crippen molar-refractivity contribution in [3.05, 3.63) is 36.2 Å². The van der Waals surface area contributed by atoms with Gasteiger partial charge in [-0.1, -0.05) is 0 Å². The molecule has 1 unspecified atom stereocenters. The molecule has 0 bridgehead atoms. The summed E-state index contributed by atoms with van der Waals surface area (Å²) in [6.45, 7) is -4.58. The minimum atomic E-state index is -4.59. The van der Waals surface area contributed by atoms with E-state index in [2.05, 4.69) is 19.7 Å². The van der Waals surface area contributed by atoms with E-state index in [4.69, 9.17) is 9.47 Å². The summed E-state index contributed by atoms with van der Waals surface area (Å²) in [7, 11) is -0.620. The molecule has 7 nitrogen and oxygen atoms in total. The molecule has 2 heterocycles. The van der Waals surface area contributed by atoms with E-state index >= 15 is 0 Å². The highest BCUT2D eigenvalue weighted by atomic mass is 32.2. The standard InChI is InChI=1S/C17H14F5N3O4S/c1-27-13-4-5-23-12(14(13)28-8-17(20,21)22)7-30(26)16-24-10-3-2-9(29-15(18)19)6-11(10)25-16/h2-6,15H,7-8H2,1H3,(H,24,25). The van der Waals surface area contributed by atoms with Crippen LogP contribution in [0.5, 0.6) is 17.2 Å². The number of benzene rings is 1. The Balaban J connectivity index is 1.85. The van der Waals surface area contributed by atoms with Crippen LogP contribution in [0.2, 0.25) is 0 Å². The zero-order valence-corrected chi connectivity index (χ0v) is 16.0. The first-order chi connectivity index (χ1) is 14.2. The Morgan fingerprint density at radius 2 is 2.00 bits per heavy atom. The van der Waals surface area contributed by atoms with Gasteiger partial charge in [-0.05, 0) is 12.1 Å². The second-order valence-corrected chi connectivity index (χ2v) is 7.15. The zero-order valence-electron chi connectivity index (χ0n) is 15.2. The number of fused-ring (bicyclic) bond motifs is 1. The summed E-state index contributed by atoms with van der Waals surface area (Å²) in [5, 5.41) is -0.0226. The largest absolute Gasteiger partial charge is 0.493 e. The first-order valence-corrected chi connectivity index (χ1v) is 9.52. The molecule has 0 fully saturated rings. The van der Waals surface area contributed by atoms with Crippen LogP contribution in [0.15, 0.2) is 35.6 Å². The molecule has 0 aliphatic carbocycles. The van der Waals surface area contributed by atoms with Crippen molar-refractivity contribution in [2.24, 2.45) is 0 Å². The lowest BCUT2D eigenvalue weighted by molar-refractivity contribution is -0.153. The molecular formula is C17H14F5N3O4S. The van der Waals surface area contributed by atoms with Crippen LogP contribution < -0.4 is 14.2 Å². The molecule has 3 aromatic rings. The van der Waals surface area contributed by atoms with Gasteiger partial charge in [0, 0.05) is 18.3 Å². The third-order valence-electron chi connectivity index (χ3n) is 3.68. The van der Waals surface area contributed by atoms with E-state index in [9.17, 15) is 26.2 Å². The number of rotatable bonds is 8. The fourth-order valence-corrected chi connectivity index (χ4v) is 3.50. The number of aromatic nitrogens is 3. The fraction of sp³-hybridized carbons (Fsp3) is 0.294. The van der Waals surface area contributed by atoms with Gasteiger partial charge in [-0.2, -0.15) is 22.0 Å². The van der Waals surface area contributed by atoms with Gasteiger partial charge in [-0.25, -0.2) is 4.98 Å². The monoisotopic (exact) mass is 451 g/mol. The summed E-state index contributed by atoms with van der Waals surface area (Å²) >= 11 is 0. The van der Waals surface area contributed by atoms with Crippen molar-refractivity contribution >= 4 is 21.8 Å². The van der Waals surface area contributed by atoms with Gasteiger partial charge in [0.2, 0.25) is 0 Å². The number of hydrogen-bond donors (Lipinski definition) is 1. The third kappa shape index (κ3) is 5.34. The molecule has 0 aliphatic heterocycles. The van der Waals surface area contributed by atoms with Gasteiger partial charge >= 0.3 is 12.8 Å². The number of H-pyrrole nitrogens is 1. The molecule has 2 aromatic heterocycles. The highest BCUT2D eigenvalue weighted by Crippen LogP contribution is 2.32.